The Kier molecular flexibility index (Phi) is 4.45. The van der Waals surface area contributed by atoms with Gasteiger partial charge in [0.15, 0.2) is 0 Å². The molecule has 0 unspecified atom stereocenters. The maximum absolute atomic E-state index is 5.98. The van der Waals surface area contributed by atoms with Crippen LogP contribution in [0.5, 0.6) is 0 Å². The zero-order valence-corrected chi connectivity index (χ0v) is 10.2. The average molecular weight is 244 g/mol. The van der Waals surface area contributed by atoms with Crippen LogP contribution in [0.2, 0.25) is 5.54 Å². The number of hydrogen-bond donors (Lipinski definition) is 0. The van der Waals surface area contributed by atoms with Gasteiger partial charge in [0.1, 0.15) is 0 Å². The highest BCUT2D eigenvalue weighted by molar-refractivity contribution is 7.65. The van der Waals surface area contributed by atoms with Crippen molar-refractivity contribution in [3.63, 3.8) is 0 Å². The van der Waals surface area contributed by atoms with Crippen LogP contribution in [-0.2, 0) is 0 Å². The van der Waals surface area contributed by atoms with Crippen LogP contribution in [-0.4, -0.2) is 6.00 Å². The molecule has 0 fully saturated rings. The van der Waals surface area contributed by atoms with Gasteiger partial charge in [0.2, 0.25) is 0 Å². The average Bonchev–Trinajstić information content (AvgIpc) is 1.81. The van der Waals surface area contributed by atoms with E-state index >= 15 is 0 Å². The molecule has 1 rings (SSSR count). The van der Waals surface area contributed by atoms with Crippen LogP contribution in [0.25, 0.3) is 0 Å². The summed E-state index contributed by atoms with van der Waals surface area (Å²) in [7, 11) is 0. The molecule has 0 N–H and O–H groups in total. The molecule has 1 atom stereocenters. The molecule has 0 bridgehead atoms. The van der Waals surface area contributed by atoms with Crippen LogP contribution in [0, 0.1) is 0 Å². The fraction of sp³-hybridized carbons (Fsp3) is 0.750. The molecule has 0 aromatic rings. The van der Waals surface area contributed by atoms with Crippen LogP contribution in [0.4, 0.5) is 0 Å². The Morgan fingerprint density at radius 1 is 1.00 bits per heavy atom. The molecular weight excluding hydrogens is 231 g/mol. The Balaban J connectivity index is 2.48. The summed E-state index contributed by atoms with van der Waals surface area (Å²) in [5.41, 5.74) is 0.368. The molecule has 0 amide bonds. The molecule has 0 saturated carbocycles. The monoisotopic (exact) mass is 242 g/mol. The first-order chi connectivity index (χ1) is 5.61. The molecule has 0 heterocycles. The molecular formula is C8H13Cl3Si. The predicted octanol–water partition coefficient (Wildman–Crippen LogP) is 4.53. The van der Waals surface area contributed by atoms with Gasteiger partial charge in [-0.15, -0.1) is 33.2 Å². The Morgan fingerprint density at radius 3 is 2.33 bits per heavy atom. The molecule has 0 saturated heterocycles. The lowest BCUT2D eigenvalue weighted by atomic mass is 10.1. The standard InChI is InChI=1S/C8H13Cl3Si/c9-12(10,11)8-6-4-2-1-3-5-7-8/h1-2,8H,3-7H2/t8-/m1/s1. The molecule has 0 nitrogen and oxygen atoms in total. The summed E-state index contributed by atoms with van der Waals surface area (Å²) in [4.78, 5) is 0. The molecule has 1 aliphatic rings. The van der Waals surface area contributed by atoms with Gasteiger partial charge >= 0.3 is 6.00 Å². The molecule has 1 aliphatic carbocycles. The van der Waals surface area contributed by atoms with E-state index in [1.165, 1.54) is 6.42 Å². The summed E-state index contributed by atoms with van der Waals surface area (Å²) in [6.07, 6.45) is 9.97. The number of hydrogen-bond acceptors (Lipinski definition) is 0. The fourth-order valence-corrected chi connectivity index (χ4v) is 4.48. The normalized spacial score (nSPS) is 26.4. The molecule has 0 aliphatic heterocycles. The Labute approximate surface area is 89.0 Å². The second-order valence-electron chi connectivity index (χ2n) is 3.22. The van der Waals surface area contributed by atoms with Crippen LogP contribution >= 0.6 is 33.2 Å². The number of allylic oxidation sites excluding steroid dienone is 2. The fourth-order valence-electron chi connectivity index (χ4n) is 1.49. The van der Waals surface area contributed by atoms with Crippen molar-refractivity contribution < 1.29 is 0 Å². The molecule has 0 aromatic carbocycles. The zero-order chi connectivity index (χ0) is 9.03. The smallest absolute Gasteiger partial charge is 0.126 e. The molecule has 12 heavy (non-hydrogen) atoms. The third kappa shape index (κ3) is 3.69. The van der Waals surface area contributed by atoms with Gasteiger partial charge < -0.3 is 0 Å². The van der Waals surface area contributed by atoms with E-state index in [2.05, 4.69) is 12.2 Å². The Hall–Kier alpha value is 0.827. The highest BCUT2D eigenvalue weighted by atomic mass is 35.8. The maximum atomic E-state index is 5.98. The van der Waals surface area contributed by atoms with E-state index in [1.54, 1.807) is 0 Å². The first-order valence-corrected chi connectivity index (χ1v) is 9.43. The van der Waals surface area contributed by atoms with Crippen LogP contribution in [0.15, 0.2) is 12.2 Å². The lowest BCUT2D eigenvalue weighted by molar-refractivity contribution is 0.631. The number of rotatable bonds is 1. The molecule has 0 radical (unpaired) electrons. The van der Waals surface area contributed by atoms with E-state index in [-0.39, 0.29) is 0 Å². The summed E-state index contributed by atoms with van der Waals surface area (Å²) in [5.74, 6) is 0. The third-order valence-corrected chi connectivity index (χ3v) is 6.52. The van der Waals surface area contributed by atoms with Crippen molar-refractivity contribution in [2.75, 3.05) is 0 Å². The maximum Gasteiger partial charge on any atom is 0.344 e. The van der Waals surface area contributed by atoms with Gasteiger partial charge in [0, 0.05) is 0 Å². The minimum absolute atomic E-state index is 0.368. The van der Waals surface area contributed by atoms with Crippen LogP contribution in [0.3, 0.4) is 0 Å². The zero-order valence-electron chi connectivity index (χ0n) is 6.90. The van der Waals surface area contributed by atoms with Crippen molar-refractivity contribution in [2.45, 2.75) is 37.6 Å². The summed E-state index contributed by atoms with van der Waals surface area (Å²) in [6.45, 7) is 0. The van der Waals surface area contributed by atoms with Crippen LogP contribution in [0.1, 0.15) is 32.1 Å². The van der Waals surface area contributed by atoms with E-state index in [4.69, 9.17) is 33.2 Å². The lowest BCUT2D eigenvalue weighted by Crippen LogP contribution is -2.20. The summed E-state index contributed by atoms with van der Waals surface area (Å²) in [5, 5.41) is 0. The van der Waals surface area contributed by atoms with E-state index in [9.17, 15) is 0 Å². The predicted molar refractivity (Wildman–Crippen MR) is 59.3 cm³/mol. The van der Waals surface area contributed by atoms with Gasteiger partial charge in [-0.05, 0) is 37.6 Å². The molecule has 0 spiro atoms. The minimum atomic E-state index is -2.43. The Morgan fingerprint density at radius 2 is 1.67 bits per heavy atom. The first kappa shape index (κ1) is 10.9. The second kappa shape index (κ2) is 4.90. The van der Waals surface area contributed by atoms with Crippen molar-refractivity contribution in [2.24, 2.45) is 0 Å². The van der Waals surface area contributed by atoms with E-state index in [0.29, 0.717) is 5.54 Å². The van der Waals surface area contributed by atoms with Crippen LogP contribution < -0.4 is 0 Å². The SMILES string of the molecule is Cl[Si](Cl)(Cl)[C@@H]1CCC=CCCC1. The van der Waals surface area contributed by atoms with E-state index in [0.717, 1.165) is 25.7 Å². The summed E-state index contributed by atoms with van der Waals surface area (Å²) in [6, 6.07) is -2.43. The summed E-state index contributed by atoms with van der Waals surface area (Å²) >= 11 is 18.0. The van der Waals surface area contributed by atoms with Crippen molar-refractivity contribution in [1.29, 1.82) is 0 Å². The van der Waals surface area contributed by atoms with Crippen molar-refractivity contribution in [1.82, 2.24) is 0 Å². The summed E-state index contributed by atoms with van der Waals surface area (Å²) < 4.78 is 0. The van der Waals surface area contributed by atoms with Crippen molar-refractivity contribution in [3.05, 3.63) is 12.2 Å². The molecule has 70 valence electrons. The van der Waals surface area contributed by atoms with Gasteiger partial charge in [0.25, 0.3) is 0 Å². The topological polar surface area (TPSA) is 0 Å². The molecule has 0 aromatic heterocycles. The quantitative estimate of drug-likeness (QED) is 0.361. The van der Waals surface area contributed by atoms with E-state index < -0.39 is 6.00 Å². The number of halogens is 3. The minimum Gasteiger partial charge on any atom is -0.126 e. The van der Waals surface area contributed by atoms with Gasteiger partial charge in [-0.25, -0.2) is 0 Å². The van der Waals surface area contributed by atoms with Gasteiger partial charge in [-0.3, -0.25) is 0 Å². The largest absolute Gasteiger partial charge is 0.344 e. The highest BCUT2D eigenvalue weighted by Gasteiger charge is 2.35. The highest BCUT2D eigenvalue weighted by Crippen LogP contribution is 2.41. The lowest BCUT2D eigenvalue weighted by Gasteiger charge is -2.22. The van der Waals surface area contributed by atoms with Crippen molar-refractivity contribution in [3.8, 4) is 0 Å². The first-order valence-electron chi connectivity index (χ1n) is 4.32. The third-order valence-electron chi connectivity index (χ3n) is 2.23. The second-order valence-corrected chi connectivity index (χ2v) is 12.2. The van der Waals surface area contributed by atoms with Gasteiger partial charge in [0.05, 0.1) is 0 Å². The van der Waals surface area contributed by atoms with Gasteiger partial charge in [-0.2, -0.15) is 0 Å². The van der Waals surface area contributed by atoms with E-state index in [1.807, 2.05) is 0 Å². The van der Waals surface area contributed by atoms with Crippen molar-refractivity contribution >= 4 is 39.2 Å². The van der Waals surface area contributed by atoms with Gasteiger partial charge in [-0.1, -0.05) is 12.2 Å². The molecule has 4 heteroatoms. The Bertz CT molecular complexity index is 162.